The quantitative estimate of drug-likeness (QED) is 0.211. The van der Waals surface area contributed by atoms with E-state index in [1.807, 2.05) is 19.1 Å². The number of ketones is 1. The first-order valence-electron chi connectivity index (χ1n) is 12.6. The van der Waals surface area contributed by atoms with Gasteiger partial charge in [0.25, 0.3) is 5.91 Å². The molecular formula is C31H31F2NO3. The number of aryl methyl sites for hydroxylation is 1. The van der Waals surface area contributed by atoms with Crippen molar-refractivity contribution in [1.82, 2.24) is 5.48 Å². The second kappa shape index (κ2) is 11.6. The second-order valence-corrected chi connectivity index (χ2v) is 9.81. The van der Waals surface area contributed by atoms with Crippen LogP contribution in [0, 0.1) is 23.5 Å². The van der Waals surface area contributed by atoms with Crippen molar-refractivity contribution < 1.29 is 23.6 Å². The summed E-state index contributed by atoms with van der Waals surface area (Å²) in [6, 6.07) is 16.1. The highest BCUT2D eigenvalue weighted by atomic mass is 19.1. The summed E-state index contributed by atoms with van der Waals surface area (Å²) in [4.78, 5) is 25.5. The fourth-order valence-electron chi connectivity index (χ4n) is 5.14. The number of nitrogens with one attached hydrogen (secondary N) is 1. The molecule has 3 aromatic rings. The molecule has 1 amide bonds. The number of carbonyl (C=O) groups is 2. The van der Waals surface area contributed by atoms with Crippen LogP contribution in [0.4, 0.5) is 8.78 Å². The predicted molar refractivity (Wildman–Crippen MR) is 140 cm³/mol. The molecule has 2 N–H and O–H groups in total. The van der Waals surface area contributed by atoms with Crippen LogP contribution in [0.25, 0.3) is 11.1 Å². The summed E-state index contributed by atoms with van der Waals surface area (Å²) in [5.41, 5.74) is 4.75. The largest absolute Gasteiger partial charge is 0.294 e. The van der Waals surface area contributed by atoms with Gasteiger partial charge in [-0.3, -0.25) is 14.8 Å². The second-order valence-electron chi connectivity index (χ2n) is 9.81. The number of hydrogen-bond acceptors (Lipinski definition) is 3. The first-order valence-corrected chi connectivity index (χ1v) is 12.6. The molecular weight excluding hydrogens is 472 g/mol. The van der Waals surface area contributed by atoms with Crippen LogP contribution >= 0.6 is 0 Å². The van der Waals surface area contributed by atoms with Crippen LogP contribution < -0.4 is 5.48 Å². The number of amides is 1. The molecule has 0 aliphatic heterocycles. The third-order valence-corrected chi connectivity index (χ3v) is 7.32. The van der Waals surface area contributed by atoms with E-state index in [4.69, 9.17) is 5.21 Å². The topological polar surface area (TPSA) is 66.4 Å². The maximum atomic E-state index is 14.3. The molecule has 0 fully saturated rings. The van der Waals surface area contributed by atoms with E-state index >= 15 is 0 Å². The third kappa shape index (κ3) is 5.86. The monoisotopic (exact) mass is 503 g/mol. The first-order chi connectivity index (χ1) is 17.8. The summed E-state index contributed by atoms with van der Waals surface area (Å²) in [7, 11) is 0. The molecule has 0 saturated heterocycles. The van der Waals surface area contributed by atoms with Crippen molar-refractivity contribution in [3.63, 3.8) is 0 Å². The Morgan fingerprint density at radius 2 is 1.76 bits per heavy atom. The van der Waals surface area contributed by atoms with Gasteiger partial charge < -0.3 is 0 Å². The Balaban J connectivity index is 1.50. The lowest BCUT2D eigenvalue weighted by atomic mass is 9.81. The standard InChI is InChI=1S/C31H31F2NO3/c1-19-7-3-10-22(20(2)30(35)26-18-24(31(36)34-37)15-16-25(19)26)11-4-8-21-9-5-12-23(17-21)29-27(32)13-6-14-28(29)33/h3,5-6,9-10,12-20,22,37H,4,7-8,11H2,1-2H3,(H,34,36). The number of hydrogen-bond donors (Lipinski definition) is 2. The van der Waals surface area contributed by atoms with Gasteiger partial charge in [0.15, 0.2) is 5.78 Å². The van der Waals surface area contributed by atoms with Crippen LogP contribution in [-0.4, -0.2) is 16.9 Å². The molecule has 1 aliphatic carbocycles. The highest BCUT2D eigenvalue weighted by Crippen LogP contribution is 2.33. The van der Waals surface area contributed by atoms with Crippen molar-refractivity contribution in [3.8, 4) is 11.1 Å². The van der Waals surface area contributed by atoms with Crippen LogP contribution in [0.15, 0.2) is 72.8 Å². The predicted octanol–water partition coefficient (Wildman–Crippen LogP) is 7.27. The molecule has 4 rings (SSSR count). The molecule has 0 heterocycles. The zero-order chi connectivity index (χ0) is 26.5. The Morgan fingerprint density at radius 1 is 1.03 bits per heavy atom. The molecule has 0 bridgehead atoms. The fourth-order valence-corrected chi connectivity index (χ4v) is 5.14. The van der Waals surface area contributed by atoms with Gasteiger partial charge in [-0.15, -0.1) is 0 Å². The molecule has 6 heteroatoms. The van der Waals surface area contributed by atoms with Crippen LogP contribution in [0.5, 0.6) is 0 Å². The first kappa shape index (κ1) is 26.4. The molecule has 0 aromatic heterocycles. The number of halogens is 2. The Hall–Kier alpha value is -3.64. The third-order valence-electron chi connectivity index (χ3n) is 7.32. The van der Waals surface area contributed by atoms with Crippen LogP contribution in [-0.2, 0) is 6.42 Å². The highest BCUT2D eigenvalue weighted by Gasteiger charge is 2.28. The lowest BCUT2D eigenvalue weighted by Gasteiger charge is -2.21. The van der Waals surface area contributed by atoms with Crippen LogP contribution in [0.1, 0.15) is 70.9 Å². The molecule has 3 unspecified atom stereocenters. The minimum atomic E-state index is -0.650. The fraction of sp³-hybridized carbons (Fsp3) is 0.290. The Labute approximate surface area is 216 Å². The number of carbonyl (C=O) groups excluding carboxylic acids is 2. The number of benzene rings is 3. The van der Waals surface area contributed by atoms with Gasteiger partial charge in [0.2, 0.25) is 0 Å². The zero-order valence-corrected chi connectivity index (χ0v) is 21.0. The molecule has 1 aliphatic rings. The summed E-state index contributed by atoms with van der Waals surface area (Å²) < 4.78 is 28.5. The van der Waals surface area contributed by atoms with Gasteiger partial charge in [-0.1, -0.05) is 62.4 Å². The minimum absolute atomic E-state index is 0.00756. The number of hydroxylamine groups is 1. The summed E-state index contributed by atoms with van der Waals surface area (Å²) in [6.07, 6.45) is 7.29. The van der Waals surface area contributed by atoms with Crippen molar-refractivity contribution in [1.29, 1.82) is 0 Å². The molecule has 0 saturated carbocycles. The van der Waals surface area contributed by atoms with E-state index < -0.39 is 17.5 Å². The van der Waals surface area contributed by atoms with E-state index in [2.05, 4.69) is 19.1 Å². The van der Waals surface area contributed by atoms with Crippen LogP contribution in [0.2, 0.25) is 0 Å². The Morgan fingerprint density at radius 3 is 2.49 bits per heavy atom. The zero-order valence-electron chi connectivity index (χ0n) is 21.0. The molecule has 4 nitrogen and oxygen atoms in total. The average Bonchev–Trinajstić information content (AvgIpc) is 2.94. The smallest absolute Gasteiger partial charge is 0.274 e. The van der Waals surface area contributed by atoms with E-state index in [1.54, 1.807) is 35.8 Å². The molecule has 3 atom stereocenters. The van der Waals surface area contributed by atoms with Crippen molar-refractivity contribution in [2.45, 2.75) is 45.4 Å². The molecule has 37 heavy (non-hydrogen) atoms. The summed E-state index contributed by atoms with van der Waals surface area (Å²) in [5.74, 6) is -2.04. The highest BCUT2D eigenvalue weighted by molar-refractivity contribution is 6.02. The summed E-state index contributed by atoms with van der Waals surface area (Å²) in [6.45, 7) is 3.97. The number of Topliss-reactive ketones (excluding diaryl/α,β-unsaturated/α-hetero) is 1. The normalized spacial score (nSPS) is 19.5. The van der Waals surface area contributed by atoms with Gasteiger partial charge in [-0.25, -0.2) is 14.3 Å². The maximum Gasteiger partial charge on any atom is 0.274 e. The maximum absolute atomic E-state index is 14.3. The molecule has 3 aromatic carbocycles. The number of rotatable bonds is 6. The van der Waals surface area contributed by atoms with E-state index in [1.165, 1.54) is 18.2 Å². The van der Waals surface area contributed by atoms with Gasteiger partial charge in [-0.05, 0) is 78.5 Å². The van der Waals surface area contributed by atoms with E-state index in [0.29, 0.717) is 17.5 Å². The molecule has 0 radical (unpaired) electrons. The van der Waals surface area contributed by atoms with E-state index in [9.17, 15) is 18.4 Å². The molecule has 192 valence electrons. The Kier molecular flexibility index (Phi) is 8.29. The van der Waals surface area contributed by atoms with Gasteiger partial charge >= 0.3 is 0 Å². The number of fused-ring (bicyclic) bond motifs is 1. The Bertz CT molecular complexity index is 1310. The van der Waals surface area contributed by atoms with Crippen molar-refractivity contribution in [2.24, 2.45) is 11.8 Å². The van der Waals surface area contributed by atoms with Gasteiger partial charge in [-0.2, -0.15) is 0 Å². The lowest BCUT2D eigenvalue weighted by Crippen LogP contribution is -2.23. The van der Waals surface area contributed by atoms with Crippen molar-refractivity contribution in [3.05, 3.63) is 107 Å². The van der Waals surface area contributed by atoms with Crippen LogP contribution in [0.3, 0.4) is 0 Å². The van der Waals surface area contributed by atoms with E-state index in [-0.39, 0.29) is 34.7 Å². The van der Waals surface area contributed by atoms with Crippen molar-refractivity contribution in [2.75, 3.05) is 0 Å². The summed E-state index contributed by atoms with van der Waals surface area (Å²) in [5, 5.41) is 9.02. The van der Waals surface area contributed by atoms with E-state index in [0.717, 1.165) is 30.4 Å². The average molecular weight is 504 g/mol. The molecule has 0 spiro atoms. The van der Waals surface area contributed by atoms with Gasteiger partial charge in [0, 0.05) is 17.0 Å². The van der Waals surface area contributed by atoms with Gasteiger partial charge in [0.05, 0.1) is 5.56 Å². The summed E-state index contributed by atoms with van der Waals surface area (Å²) >= 11 is 0. The van der Waals surface area contributed by atoms with Crippen molar-refractivity contribution >= 4 is 11.7 Å². The SMILES string of the molecule is CC1CC=CC(CCCc2cccc(-c3c(F)cccc3F)c2)C(C)C(=O)c2cc(C(=O)NO)ccc21. The number of allylic oxidation sites excluding steroid dienone is 2. The lowest BCUT2D eigenvalue weighted by molar-refractivity contribution is 0.0706. The minimum Gasteiger partial charge on any atom is -0.294 e. The van der Waals surface area contributed by atoms with Gasteiger partial charge in [0.1, 0.15) is 11.6 Å².